The zero-order valence-electron chi connectivity index (χ0n) is 21.9. The molecule has 4 aromatic rings. The van der Waals surface area contributed by atoms with Crippen LogP contribution in [0.4, 0.5) is 5.69 Å². The molecule has 0 unspecified atom stereocenters. The third-order valence-electron chi connectivity index (χ3n) is 7.72. The Bertz CT molecular complexity index is 1310. The van der Waals surface area contributed by atoms with Gasteiger partial charge in [0.25, 0.3) is 0 Å². The summed E-state index contributed by atoms with van der Waals surface area (Å²) in [5, 5.41) is 9.87. The van der Waals surface area contributed by atoms with Crippen molar-refractivity contribution < 1.29 is 0 Å². The molecule has 0 radical (unpaired) electrons. The molecule has 0 saturated carbocycles. The van der Waals surface area contributed by atoms with Gasteiger partial charge in [-0.05, 0) is 56.3 Å². The first-order valence-electron chi connectivity index (χ1n) is 14.3. The number of aromatic nitrogens is 2. The smallest absolute Gasteiger partial charge is 0.248 e. The second-order valence-corrected chi connectivity index (χ2v) is 10.4. The summed E-state index contributed by atoms with van der Waals surface area (Å²) < 4.78 is 0. The van der Waals surface area contributed by atoms with E-state index in [0.29, 0.717) is 6.04 Å². The molecular formula is C32H40N4O. The second-order valence-electron chi connectivity index (χ2n) is 10.4. The van der Waals surface area contributed by atoms with Crippen LogP contribution >= 0.6 is 0 Å². The maximum absolute atomic E-state index is 11.6. The number of aryl methyl sites for hydroxylation is 1. The number of aromatic amines is 1. The highest BCUT2D eigenvalue weighted by Crippen LogP contribution is 2.31. The van der Waals surface area contributed by atoms with E-state index in [1.54, 1.807) is 6.07 Å². The zero-order valence-corrected chi connectivity index (χ0v) is 21.9. The van der Waals surface area contributed by atoms with E-state index in [-0.39, 0.29) is 5.56 Å². The van der Waals surface area contributed by atoms with Gasteiger partial charge in [-0.3, -0.25) is 4.79 Å². The highest BCUT2D eigenvalue weighted by Gasteiger charge is 2.19. The van der Waals surface area contributed by atoms with Crippen LogP contribution in [0.5, 0.6) is 0 Å². The number of nitrogens with zero attached hydrogens (tertiary/aromatic N) is 1. The van der Waals surface area contributed by atoms with Crippen LogP contribution in [-0.4, -0.2) is 23.1 Å². The minimum absolute atomic E-state index is 0.0200. The van der Waals surface area contributed by atoms with Crippen molar-refractivity contribution in [3.05, 3.63) is 82.3 Å². The molecule has 0 fully saturated rings. The molecule has 194 valence electrons. The van der Waals surface area contributed by atoms with Crippen molar-refractivity contribution in [1.29, 1.82) is 0 Å². The average molecular weight is 497 g/mol. The van der Waals surface area contributed by atoms with E-state index >= 15 is 0 Å². The molecule has 0 spiro atoms. The lowest BCUT2D eigenvalue weighted by atomic mass is 9.91. The number of hydrogen-bond donors (Lipinski definition) is 3. The molecule has 1 aliphatic carbocycles. The van der Waals surface area contributed by atoms with Crippen LogP contribution in [0.2, 0.25) is 0 Å². The van der Waals surface area contributed by atoms with Crippen LogP contribution in [0.1, 0.15) is 81.5 Å². The quantitative estimate of drug-likeness (QED) is 0.134. The van der Waals surface area contributed by atoms with Gasteiger partial charge in [0.05, 0.1) is 16.7 Å². The van der Waals surface area contributed by atoms with E-state index < -0.39 is 0 Å². The molecule has 5 heteroatoms. The number of rotatable bonds is 13. The SMILES string of the molecule is O=c1ccc2c([nH]1)CCC[C@@H]2NCCCCCCCCCCNc1c2ccccc2nc2ccccc12. The number of nitrogens with one attached hydrogen (secondary N) is 3. The van der Waals surface area contributed by atoms with Crippen molar-refractivity contribution in [3.63, 3.8) is 0 Å². The summed E-state index contributed by atoms with van der Waals surface area (Å²) in [6, 6.07) is 20.9. The molecule has 3 N–H and O–H groups in total. The second kappa shape index (κ2) is 12.9. The van der Waals surface area contributed by atoms with Gasteiger partial charge in [0.15, 0.2) is 0 Å². The predicted molar refractivity (Wildman–Crippen MR) is 155 cm³/mol. The number of hydrogen-bond acceptors (Lipinski definition) is 4. The fourth-order valence-electron chi connectivity index (χ4n) is 5.74. The van der Waals surface area contributed by atoms with Crippen molar-refractivity contribution >= 4 is 27.5 Å². The zero-order chi connectivity index (χ0) is 25.3. The summed E-state index contributed by atoms with van der Waals surface area (Å²) in [6.45, 7) is 2.06. The van der Waals surface area contributed by atoms with Gasteiger partial charge in [-0.1, -0.05) is 81.0 Å². The third kappa shape index (κ3) is 6.58. The lowest BCUT2D eigenvalue weighted by Crippen LogP contribution is -2.28. The molecule has 0 bridgehead atoms. The van der Waals surface area contributed by atoms with E-state index in [0.717, 1.165) is 42.7 Å². The number of fused-ring (bicyclic) bond motifs is 3. The van der Waals surface area contributed by atoms with Gasteiger partial charge in [-0.2, -0.15) is 0 Å². The van der Waals surface area contributed by atoms with Gasteiger partial charge in [0, 0.05) is 35.1 Å². The number of anilines is 1. The molecule has 2 heterocycles. The molecule has 1 aliphatic rings. The van der Waals surface area contributed by atoms with Gasteiger partial charge in [0.2, 0.25) is 5.56 Å². The van der Waals surface area contributed by atoms with Gasteiger partial charge in [-0.25, -0.2) is 4.98 Å². The van der Waals surface area contributed by atoms with Crippen LogP contribution in [0.25, 0.3) is 21.8 Å². The summed E-state index contributed by atoms with van der Waals surface area (Å²) in [5.41, 5.74) is 5.78. The van der Waals surface area contributed by atoms with Crippen molar-refractivity contribution in [3.8, 4) is 0 Å². The Morgan fingerprint density at radius 3 is 2.08 bits per heavy atom. The first-order chi connectivity index (χ1) is 18.3. The van der Waals surface area contributed by atoms with E-state index in [4.69, 9.17) is 4.98 Å². The Hall–Kier alpha value is -3.18. The fraction of sp³-hybridized carbons (Fsp3) is 0.438. The number of H-pyrrole nitrogens is 1. The molecular weight excluding hydrogens is 456 g/mol. The highest BCUT2D eigenvalue weighted by atomic mass is 16.1. The maximum atomic E-state index is 11.6. The van der Waals surface area contributed by atoms with Gasteiger partial charge < -0.3 is 15.6 Å². The van der Waals surface area contributed by atoms with Gasteiger partial charge in [-0.15, -0.1) is 0 Å². The Balaban J connectivity index is 0.947. The summed E-state index contributed by atoms with van der Waals surface area (Å²) in [4.78, 5) is 19.4. The molecule has 0 amide bonds. The number of para-hydroxylation sites is 2. The highest BCUT2D eigenvalue weighted by molar-refractivity contribution is 6.07. The largest absolute Gasteiger partial charge is 0.384 e. The Morgan fingerprint density at radius 2 is 1.38 bits per heavy atom. The van der Waals surface area contributed by atoms with Crippen molar-refractivity contribution in [1.82, 2.24) is 15.3 Å². The van der Waals surface area contributed by atoms with Crippen LogP contribution in [0.3, 0.4) is 0 Å². The number of pyridine rings is 2. The Kier molecular flexibility index (Phi) is 8.86. The number of benzene rings is 2. The minimum atomic E-state index is 0.0200. The summed E-state index contributed by atoms with van der Waals surface area (Å²) in [7, 11) is 0. The Morgan fingerprint density at radius 1 is 0.757 bits per heavy atom. The van der Waals surface area contributed by atoms with Gasteiger partial charge >= 0.3 is 0 Å². The van der Waals surface area contributed by atoms with E-state index in [2.05, 4.69) is 64.1 Å². The summed E-state index contributed by atoms with van der Waals surface area (Å²) >= 11 is 0. The van der Waals surface area contributed by atoms with Crippen LogP contribution in [0.15, 0.2) is 65.5 Å². The summed E-state index contributed by atoms with van der Waals surface area (Å²) in [5.74, 6) is 0. The van der Waals surface area contributed by atoms with E-state index in [1.807, 2.05) is 6.07 Å². The summed E-state index contributed by atoms with van der Waals surface area (Å²) in [6.07, 6.45) is 13.6. The monoisotopic (exact) mass is 496 g/mol. The fourth-order valence-corrected chi connectivity index (χ4v) is 5.74. The average Bonchev–Trinajstić information content (AvgIpc) is 2.93. The first kappa shape index (κ1) is 25.5. The Labute approximate surface area is 220 Å². The van der Waals surface area contributed by atoms with E-state index in [1.165, 1.54) is 79.8 Å². The predicted octanol–water partition coefficient (Wildman–Crippen LogP) is 7.28. The van der Waals surface area contributed by atoms with Gasteiger partial charge in [0.1, 0.15) is 0 Å². The molecule has 37 heavy (non-hydrogen) atoms. The molecule has 5 nitrogen and oxygen atoms in total. The van der Waals surface area contributed by atoms with Crippen LogP contribution in [0, 0.1) is 0 Å². The third-order valence-corrected chi connectivity index (χ3v) is 7.72. The maximum Gasteiger partial charge on any atom is 0.248 e. The van der Waals surface area contributed by atoms with E-state index in [9.17, 15) is 4.79 Å². The normalized spacial score (nSPS) is 15.2. The molecule has 0 saturated heterocycles. The lowest BCUT2D eigenvalue weighted by Gasteiger charge is -2.26. The van der Waals surface area contributed by atoms with Crippen molar-refractivity contribution in [2.75, 3.05) is 18.4 Å². The van der Waals surface area contributed by atoms with Crippen LogP contribution in [-0.2, 0) is 6.42 Å². The topological polar surface area (TPSA) is 69.8 Å². The first-order valence-corrected chi connectivity index (χ1v) is 14.3. The molecule has 5 rings (SSSR count). The lowest BCUT2D eigenvalue weighted by molar-refractivity contribution is 0.442. The number of unbranched alkanes of at least 4 members (excludes halogenated alkanes) is 7. The van der Waals surface area contributed by atoms with Crippen molar-refractivity contribution in [2.45, 2.75) is 76.7 Å². The molecule has 0 aliphatic heterocycles. The molecule has 1 atom stereocenters. The standard InChI is InChI=1S/C32H40N4O/c37-31-21-20-24-27(18-13-19-28(24)36-31)33-22-11-5-3-1-2-4-6-12-23-34-32-25-14-7-9-16-29(25)35-30-17-10-8-15-26(30)32/h7-10,14-17,20-21,27,33H,1-6,11-13,18-19,22-23H2,(H,34,35)(H,36,37)/t27-/m0/s1. The van der Waals surface area contributed by atoms with Crippen molar-refractivity contribution in [2.24, 2.45) is 0 Å². The minimum Gasteiger partial charge on any atom is -0.384 e. The molecule has 2 aromatic heterocycles. The van der Waals surface area contributed by atoms with Crippen LogP contribution < -0.4 is 16.2 Å². The molecule has 2 aromatic carbocycles.